The highest BCUT2D eigenvalue weighted by Crippen LogP contribution is 2.30. The van der Waals surface area contributed by atoms with Gasteiger partial charge in [0.1, 0.15) is 5.75 Å². The van der Waals surface area contributed by atoms with E-state index in [1.165, 1.54) is 0 Å². The molecule has 3 aromatic carbocycles. The molecular formula is C30H33N3O4. The number of hydrogen-bond acceptors (Lipinski definition) is 4. The van der Waals surface area contributed by atoms with Gasteiger partial charge in [-0.15, -0.1) is 0 Å². The largest absolute Gasteiger partial charge is 0.496 e. The van der Waals surface area contributed by atoms with Crippen LogP contribution in [0.25, 0.3) is 10.8 Å². The summed E-state index contributed by atoms with van der Waals surface area (Å²) in [5.74, 6) is 0.543. The van der Waals surface area contributed by atoms with Crippen LogP contribution in [0.2, 0.25) is 0 Å². The fraction of sp³-hybridized carbons (Fsp3) is 0.367. The zero-order chi connectivity index (χ0) is 25.8. The number of methoxy groups -OCH3 is 1. The lowest BCUT2D eigenvalue weighted by atomic mass is 9.93. The van der Waals surface area contributed by atoms with E-state index in [1.54, 1.807) is 19.2 Å². The number of carbonyl (C=O) groups excluding carboxylic acids is 3. The third kappa shape index (κ3) is 5.31. The topological polar surface area (TPSA) is 79.0 Å². The van der Waals surface area contributed by atoms with Gasteiger partial charge in [-0.3, -0.25) is 14.4 Å². The number of piperidine rings is 2. The van der Waals surface area contributed by atoms with Crippen molar-refractivity contribution in [3.63, 3.8) is 0 Å². The summed E-state index contributed by atoms with van der Waals surface area (Å²) < 4.78 is 5.48. The van der Waals surface area contributed by atoms with Crippen LogP contribution < -0.4 is 10.1 Å². The van der Waals surface area contributed by atoms with E-state index in [0.29, 0.717) is 37.3 Å². The minimum absolute atomic E-state index is 0.0429. The van der Waals surface area contributed by atoms with Crippen LogP contribution in [0.3, 0.4) is 0 Å². The minimum atomic E-state index is -0.197. The second kappa shape index (κ2) is 11.0. The highest BCUT2D eigenvalue weighted by atomic mass is 16.5. The van der Waals surface area contributed by atoms with Crippen molar-refractivity contribution in [2.75, 3.05) is 33.3 Å². The molecule has 1 atom stereocenters. The van der Waals surface area contributed by atoms with Crippen molar-refractivity contribution in [3.8, 4) is 5.75 Å². The number of amides is 3. The molecular weight excluding hydrogens is 466 g/mol. The lowest BCUT2D eigenvalue weighted by Crippen LogP contribution is -2.51. The number of likely N-dealkylation sites (tertiary alicyclic amines) is 2. The maximum absolute atomic E-state index is 13.5. The summed E-state index contributed by atoms with van der Waals surface area (Å²) in [7, 11) is 1.63. The highest BCUT2D eigenvalue weighted by Gasteiger charge is 2.34. The van der Waals surface area contributed by atoms with Crippen molar-refractivity contribution >= 4 is 28.5 Å². The molecule has 2 fully saturated rings. The molecule has 2 aliphatic rings. The Kier molecular flexibility index (Phi) is 7.40. The number of nitrogens with zero attached hydrogens (tertiary/aromatic N) is 2. The average Bonchev–Trinajstić information content (AvgIpc) is 2.96. The molecule has 7 nitrogen and oxygen atoms in total. The Labute approximate surface area is 217 Å². The van der Waals surface area contributed by atoms with Gasteiger partial charge in [0.25, 0.3) is 11.8 Å². The molecule has 2 heterocycles. The van der Waals surface area contributed by atoms with E-state index in [1.807, 2.05) is 64.4 Å². The van der Waals surface area contributed by atoms with Gasteiger partial charge in [0, 0.05) is 48.7 Å². The Morgan fingerprint density at radius 2 is 1.51 bits per heavy atom. The number of nitrogens with one attached hydrogen (secondary N) is 1. The predicted molar refractivity (Wildman–Crippen MR) is 143 cm³/mol. The van der Waals surface area contributed by atoms with Crippen molar-refractivity contribution < 1.29 is 19.1 Å². The summed E-state index contributed by atoms with van der Waals surface area (Å²) in [6, 6.07) is 20.7. The van der Waals surface area contributed by atoms with Crippen molar-refractivity contribution in [1.29, 1.82) is 0 Å². The second-order valence-corrected chi connectivity index (χ2v) is 9.89. The first-order valence-corrected chi connectivity index (χ1v) is 13.0. The van der Waals surface area contributed by atoms with Gasteiger partial charge in [-0.05, 0) is 55.3 Å². The molecule has 0 radical (unpaired) electrons. The maximum Gasteiger partial charge on any atom is 0.254 e. The molecule has 0 bridgehead atoms. The Hall–Kier alpha value is -3.87. The van der Waals surface area contributed by atoms with Gasteiger partial charge in [0.2, 0.25) is 5.91 Å². The maximum atomic E-state index is 13.5. The summed E-state index contributed by atoms with van der Waals surface area (Å²) in [4.78, 5) is 43.1. The van der Waals surface area contributed by atoms with E-state index in [-0.39, 0.29) is 29.7 Å². The lowest BCUT2D eigenvalue weighted by Gasteiger charge is -2.38. The fourth-order valence-corrected chi connectivity index (χ4v) is 5.53. The van der Waals surface area contributed by atoms with Crippen molar-refractivity contribution in [2.24, 2.45) is 5.92 Å². The molecule has 7 heteroatoms. The summed E-state index contributed by atoms with van der Waals surface area (Å²) in [5, 5.41) is 4.86. The number of benzene rings is 3. The van der Waals surface area contributed by atoms with Crippen molar-refractivity contribution in [1.82, 2.24) is 15.1 Å². The monoisotopic (exact) mass is 499 g/mol. The smallest absolute Gasteiger partial charge is 0.254 e. The SMILES string of the molecule is COc1ccc(C(=O)N2CCC[C@H](C(=O)N3CCC(NC(=O)c4ccccc4)CC3)C2)c2ccccc12. The third-order valence-electron chi connectivity index (χ3n) is 7.57. The van der Waals surface area contributed by atoms with Gasteiger partial charge in [0.15, 0.2) is 0 Å². The molecule has 192 valence electrons. The molecule has 5 rings (SSSR count). The van der Waals surface area contributed by atoms with E-state index < -0.39 is 0 Å². The van der Waals surface area contributed by atoms with Gasteiger partial charge < -0.3 is 19.9 Å². The van der Waals surface area contributed by atoms with Gasteiger partial charge >= 0.3 is 0 Å². The van der Waals surface area contributed by atoms with Gasteiger partial charge in [-0.2, -0.15) is 0 Å². The summed E-state index contributed by atoms with van der Waals surface area (Å²) in [6.45, 7) is 2.32. The Balaban J connectivity index is 1.20. The normalized spacial score (nSPS) is 18.5. The van der Waals surface area contributed by atoms with Crippen LogP contribution in [0.5, 0.6) is 5.75 Å². The van der Waals surface area contributed by atoms with Crippen LogP contribution in [0.15, 0.2) is 66.7 Å². The van der Waals surface area contributed by atoms with Crippen LogP contribution in [0.4, 0.5) is 0 Å². The minimum Gasteiger partial charge on any atom is -0.496 e. The Morgan fingerprint density at radius 3 is 2.24 bits per heavy atom. The number of ether oxygens (including phenoxy) is 1. The number of hydrogen-bond donors (Lipinski definition) is 1. The number of carbonyl (C=O) groups is 3. The summed E-state index contributed by atoms with van der Waals surface area (Å²) in [6.07, 6.45) is 3.06. The zero-order valence-electron chi connectivity index (χ0n) is 21.2. The van der Waals surface area contributed by atoms with Gasteiger partial charge in [-0.25, -0.2) is 0 Å². The standard InChI is InChI=1S/C30H33N3O4/c1-37-27-14-13-26(24-11-5-6-12-25(24)27)30(36)33-17-7-10-22(20-33)29(35)32-18-15-23(16-19-32)31-28(34)21-8-3-2-4-9-21/h2-6,8-9,11-14,22-23H,7,10,15-20H2,1H3,(H,31,34)/t22-/m0/s1. The molecule has 0 unspecified atom stereocenters. The first-order chi connectivity index (χ1) is 18.0. The van der Waals surface area contributed by atoms with Crippen LogP contribution in [-0.4, -0.2) is 66.9 Å². The van der Waals surface area contributed by atoms with E-state index >= 15 is 0 Å². The van der Waals surface area contributed by atoms with E-state index in [2.05, 4.69) is 5.32 Å². The number of rotatable bonds is 5. The summed E-state index contributed by atoms with van der Waals surface area (Å²) in [5.41, 5.74) is 1.29. The second-order valence-electron chi connectivity index (χ2n) is 9.89. The van der Waals surface area contributed by atoms with Crippen LogP contribution in [-0.2, 0) is 4.79 Å². The molecule has 37 heavy (non-hydrogen) atoms. The zero-order valence-corrected chi connectivity index (χ0v) is 21.2. The Morgan fingerprint density at radius 1 is 0.811 bits per heavy atom. The van der Waals surface area contributed by atoms with E-state index in [9.17, 15) is 14.4 Å². The first kappa shape index (κ1) is 24.8. The molecule has 0 spiro atoms. The van der Waals surface area contributed by atoms with E-state index in [4.69, 9.17) is 4.74 Å². The molecule has 2 saturated heterocycles. The third-order valence-corrected chi connectivity index (χ3v) is 7.57. The van der Waals surface area contributed by atoms with Gasteiger partial charge in [0.05, 0.1) is 13.0 Å². The van der Waals surface area contributed by atoms with Crippen LogP contribution in [0, 0.1) is 5.92 Å². The molecule has 0 aromatic heterocycles. The predicted octanol–water partition coefficient (Wildman–Crippen LogP) is 4.12. The first-order valence-electron chi connectivity index (χ1n) is 13.0. The molecule has 1 N–H and O–H groups in total. The van der Waals surface area contributed by atoms with Crippen molar-refractivity contribution in [3.05, 3.63) is 77.9 Å². The molecule has 0 saturated carbocycles. The van der Waals surface area contributed by atoms with Gasteiger partial charge in [-0.1, -0.05) is 42.5 Å². The number of fused-ring (bicyclic) bond motifs is 1. The molecule has 2 aliphatic heterocycles. The van der Waals surface area contributed by atoms with Crippen molar-refractivity contribution in [2.45, 2.75) is 31.7 Å². The average molecular weight is 500 g/mol. The van der Waals surface area contributed by atoms with Crippen LogP contribution >= 0.6 is 0 Å². The highest BCUT2D eigenvalue weighted by molar-refractivity contribution is 6.08. The quantitative estimate of drug-likeness (QED) is 0.573. The van der Waals surface area contributed by atoms with Crippen LogP contribution in [0.1, 0.15) is 46.4 Å². The molecule has 3 amide bonds. The molecule has 3 aromatic rings. The lowest BCUT2D eigenvalue weighted by molar-refractivity contribution is -0.138. The molecule has 0 aliphatic carbocycles. The fourth-order valence-electron chi connectivity index (χ4n) is 5.53. The summed E-state index contributed by atoms with van der Waals surface area (Å²) >= 11 is 0. The van der Waals surface area contributed by atoms with E-state index in [0.717, 1.165) is 42.2 Å². The Bertz CT molecular complexity index is 1280.